The number of rotatable bonds is 6. The lowest BCUT2D eigenvalue weighted by Gasteiger charge is -2.43. The number of benzene rings is 2. The van der Waals surface area contributed by atoms with Gasteiger partial charge in [0.2, 0.25) is 5.91 Å². The van der Waals surface area contributed by atoms with Crippen LogP contribution in [0, 0.1) is 13.8 Å². The van der Waals surface area contributed by atoms with Crippen LogP contribution in [0.15, 0.2) is 42.5 Å². The third-order valence-electron chi connectivity index (χ3n) is 6.61. The quantitative estimate of drug-likeness (QED) is 0.598. The van der Waals surface area contributed by atoms with Crippen LogP contribution in [-0.2, 0) is 9.53 Å². The minimum Gasteiger partial charge on any atom is -0.490 e. The number of halogens is 1. The molecule has 1 unspecified atom stereocenters. The first-order chi connectivity index (χ1) is 16.3. The van der Waals surface area contributed by atoms with Gasteiger partial charge in [0, 0.05) is 30.2 Å². The summed E-state index contributed by atoms with van der Waals surface area (Å²) in [7, 11) is 0. The summed E-state index contributed by atoms with van der Waals surface area (Å²) in [6.07, 6.45) is 3.39. The molecule has 0 radical (unpaired) electrons. The third kappa shape index (κ3) is 5.91. The summed E-state index contributed by atoms with van der Waals surface area (Å²) < 4.78 is 12.4. The maximum absolute atomic E-state index is 13.3. The second-order valence-electron chi connectivity index (χ2n) is 9.45. The van der Waals surface area contributed by atoms with Crippen LogP contribution in [0.4, 0.5) is 0 Å². The van der Waals surface area contributed by atoms with E-state index in [4.69, 9.17) is 21.1 Å². The molecule has 34 heavy (non-hydrogen) atoms. The Morgan fingerprint density at radius 3 is 2.56 bits per heavy atom. The topological polar surface area (TPSA) is 59.1 Å². The van der Waals surface area contributed by atoms with Crippen molar-refractivity contribution in [3.05, 3.63) is 64.2 Å². The highest BCUT2D eigenvalue weighted by Crippen LogP contribution is 2.28. The van der Waals surface area contributed by atoms with Crippen molar-refractivity contribution in [2.45, 2.75) is 45.1 Å². The highest BCUT2D eigenvalue weighted by molar-refractivity contribution is 6.31. The van der Waals surface area contributed by atoms with Gasteiger partial charge in [0.1, 0.15) is 18.0 Å². The number of likely N-dealkylation sites (tertiary alicyclic amines) is 1. The van der Waals surface area contributed by atoms with Gasteiger partial charge >= 0.3 is 0 Å². The third-order valence-corrected chi connectivity index (χ3v) is 7.04. The number of aryl methyl sites for hydroxylation is 2. The minimum absolute atomic E-state index is 0.0517. The summed E-state index contributed by atoms with van der Waals surface area (Å²) in [5, 5.41) is 0.672. The number of amides is 2. The summed E-state index contributed by atoms with van der Waals surface area (Å²) in [5.74, 6) is 0.669. The number of nitrogens with zero attached hydrogens (tertiary/aromatic N) is 2. The molecule has 0 aliphatic carbocycles. The summed E-state index contributed by atoms with van der Waals surface area (Å²) >= 11 is 6.16. The summed E-state index contributed by atoms with van der Waals surface area (Å²) in [5.41, 5.74) is 1.68. The first-order valence-corrected chi connectivity index (χ1v) is 12.4. The zero-order valence-electron chi connectivity index (χ0n) is 20.0. The predicted molar refractivity (Wildman–Crippen MR) is 132 cm³/mol. The normalized spacial score (nSPS) is 20.8. The summed E-state index contributed by atoms with van der Waals surface area (Å²) in [6, 6.07) is 13.1. The Morgan fingerprint density at radius 1 is 1.03 bits per heavy atom. The van der Waals surface area contributed by atoms with Crippen molar-refractivity contribution in [2.24, 2.45) is 0 Å². The molecule has 2 aliphatic rings. The number of hydrogen-bond acceptors (Lipinski definition) is 4. The predicted octanol–water partition coefficient (Wildman–Crippen LogP) is 4.65. The monoisotopic (exact) mass is 484 g/mol. The first kappa shape index (κ1) is 24.6. The molecule has 2 heterocycles. The molecule has 0 bridgehead atoms. The number of ether oxygens (including phenoxy) is 2. The summed E-state index contributed by atoms with van der Waals surface area (Å²) in [4.78, 5) is 30.3. The molecular formula is C27H33ClN2O4. The Bertz CT molecular complexity index is 1040. The average Bonchev–Trinajstić information content (AvgIpc) is 2.85. The van der Waals surface area contributed by atoms with Gasteiger partial charge in [0.15, 0.2) is 0 Å². The van der Waals surface area contributed by atoms with Gasteiger partial charge in [-0.05, 0) is 69.0 Å². The Morgan fingerprint density at radius 2 is 1.82 bits per heavy atom. The number of morpholine rings is 1. The van der Waals surface area contributed by atoms with Gasteiger partial charge in [-0.1, -0.05) is 29.3 Å². The number of carbonyl (C=O) groups is 2. The maximum atomic E-state index is 13.3. The van der Waals surface area contributed by atoms with E-state index in [1.54, 1.807) is 11.0 Å². The lowest BCUT2D eigenvalue weighted by Crippen LogP contribution is -2.58. The smallest absolute Gasteiger partial charge is 0.254 e. The Labute approximate surface area is 206 Å². The molecule has 0 saturated carbocycles. The second kappa shape index (κ2) is 10.8. The van der Waals surface area contributed by atoms with Crippen molar-refractivity contribution in [1.29, 1.82) is 0 Å². The molecule has 7 heteroatoms. The van der Waals surface area contributed by atoms with E-state index in [9.17, 15) is 9.59 Å². The van der Waals surface area contributed by atoms with Crippen LogP contribution in [0.3, 0.4) is 0 Å². The highest BCUT2D eigenvalue weighted by atomic mass is 35.5. The fraction of sp³-hybridized carbons (Fsp3) is 0.481. The van der Waals surface area contributed by atoms with Gasteiger partial charge in [-0.3, -0.25) is 9.59 Å². The number of carbonyl (C=O) groups excluding carboxylic acids is 2. The fourth-order valence-corrected chi connectivity index (χ4v) is 4.79. The molecule has 2 amide bonds. The zero-order chi connectivity index (χ0) is 24.1. The number of hydrogen-bond donors (Lipinski definition) is 0. The molecule has 2 saturated heterocycles. The molecule has 2 aromatic rings. The molecule has 0 aromatic heterocycles. The van der Waals surface area contributed by atoms with Gasteiger partial charge < -0.3 is 19.3 Å². The van der Waals surface area contributed by atoms with Crippen molar-refractivity contribution < 1.29 is 19.1 Å². The van der Waals surface area contributed by atoms with Gasteiger partial charge in [-0.25, -0.2) is 0 Å². The largest absolute Gasteiger partial charge is 0.490 e. The van der Waals surface area contributed by atoms with Crippen LogP contribution in [0.1, 0.15) is 47.2 Å². The first-order valence-electron chi connectivity index (χ1n) is 12.0. The molecule has 4 rings (SSSR count). The molecule has 1 atom stereocenters. The van der Waals surface area contributed by atoms with Crippen molar-refractivity contribution in [3.63, 3.8) is 0 Å². The van der Waals surface area contributed by atoms with Gasteiger partial charge in [-0.15, -0.1) is 0 Å². The van der Waals surface area contributed by atoms with Gasteiger partial charge in [0.05, 0.1) is 19.6 Å². The van der Waals surface area contributed by atoms with Crippen molar-refractivity contribution >= 4 is 23.4 Å². The SMILES string of the molecule is Cc1cccc(C(=O)N2CCOC(COc3ccc(Cl)c(C)c3)(CC(=O)N3CCCCC3)C2)c1. The van der Waals surface area contributed by atoms with Crippen LogP contribution in [0.2, 0.25) is 5.02 Å². The van der Waals surface area contributed by atoms with E-state index in [-0.39, 0.29) is 24.8 Å². The van der Waals surface area contributed by atoms with Crippen LogP contribution >= 0.6 is 11.6 Å². The molecule has 182 valence electrons. The molecule has 0 N–H and O–H groups in total. The van der Waals surface area contributed by atoms with E-state index in [1.165, 1.54) is 0 Å². The van der Waals surface area contributed by atoms with E-state index in [1.807, 2.05) is 55.1 Å². The molecule has 2 aromatic carbocycles. The minimum atomic E-state index is -0.917. The van der Waals surface area contributed by atoms with E-state index in [2.05, 4.69) is 0 Å². The molecule has 2 aliphatic heterocycles. The number of piperidine rings is 1. The van der Waals surface area contributed by atoms with Crippen molar-refractivity contribution in [3.8, 4) is 5.75 Å². The highest BCUT2D eigenvalue weighted by Gasteiger charge is 2.42. The maximum Gasteiger partial charge on any atom is 0.254 e. The van der Waals surface area contributed by atoms with Crippen LogP contribution in [0.25, 0.3) is 0 Å². The average molecular weight is 485 g/mol. The van der Waals surface area contributed by atoms with Crippen LogP contribution in [0.5, 0.6) is 5.75 Å². The zero-order valence-corrected chi connectivity index (χ0v) is 20.8. The fourth-order valence-electron chi connectivity index (χ4n) is 4.68. The van der Waals surface area contributed by atoms with Crippen molar-refractivity contribution in [1.82, 2.24) is 9.80 Å². The Hall–Kier alpha value is -2.57. The van der Waals surface area contributed by atoms with Crippen LogP contribution < -0.4 is 4.74 Å². The molecule has 0 spiro atoms. The van der Waals surface area contributed by atoms with Gasteiger partial charge in [-0.2, -0.15) is 0 Å². The summed E-state index contributed by atoms with van der Waals surface area (Å²) in [6.45, 7) is 6.75. The Kier molecular flexibility index (Phi) is 7.79. The van der Waals surface area contributed by atoms with E-state index in [0.717, 1.165) is 43.5 Å². The lowest BCUT2D eigenvalue weighted by molar-refractivity contribution is -0.153. The standard InChI is InChI=1S/C27H33ClN2O4/c1-20-7-6-8-22(15-20)26(32)30-13-14-34-27(18-30,17-25(31)29-11-4-3-5-12-29)19-33-23-9-10-24(28)21(2)16-23/h6-10,15-16H,3-5,11-14,17-19H2,1-2H3. The molecular weight excluding hydrogens is 452 g/mol. The lowest BCUT2D eigenvalue weighted by atomic mass is 9.95. The van der Waals surface area contributed by atoms with Crippen LogP contribution in [-0.4, -0.2) is 66.6 Å². The van der Waals surface area contributed by atoms with E-state index < -0.39 is 5.60 Å². The van der Waals surface area contributed by atoms with E-state index in [0.29, 0.717) is 36.0 Å². The molecule has 6 nitrogen and oxygen atoms in total. The van der Waals surface area contributed by atoms with Crippen molar-refractivity contribution in [2.75, 3.05) is 39.4 Å². The molecule has 2 fully saturated rings. The van der Waals surface area contributed by atoms with E-state index >= 15 is 0 Å². The van der Waals surface area contributed by atoms with Gasteiger partial charge in [0.25, 0.3) is 5.91 Å². The second-order valence-corrected chi connectivity index (χ2v) is 9.85. The Balaban J connectivity index is 1.54.